The average Bonchev–Trinajstić information content (AvgIpc) is 2.89. The fourth-order valence-electron chi connectivity index (χ4n) is 2.59. The van der Waals surface area contributed by atoms with Gasteiger partial charge < -0.3 is 4.57 Å². The van der Waals surface area contributed by atoms with E-state index >= 15 is 0 Å². The van der Waals surface area contributed by atoms with Gasteiger partial charge in [-0.15, -0.1) is 0 Å². The lowest BCUT2D eigenvalue weighted by molar-refractivity contribution is 0.593. The van der Waals surface area contributed by atoms with E-state index in [1.807, 2.05) is 43.7 Å². The van der Waals surface area contributed by atoms with Crippen LogP contribution in [0.1, 0.15) is 11.1 Å². The number of rotatable bonds is 3. The van der Waals surface area contributed by atoms with Gasteiger partial charge in [-0.25, -0.2) is 13.4 Å². The van der Waals surface area contributed by atoms with E-state index in [-0.39, 0.29) is 0 Å². The molecule has 2 aromatic carbocycles. The summed E-state index contributed by atoms with van der Waals surface area (Å²) in [4.78, 5) is 4.62. The van der Waals surface area contributed by atoms with Crippen molar-refractivity contribution in [3.05, 3.63) is 53.9 Å². The standard InChI is InChI=1S/C17H19N3O2S/c1-12-5-6-13(2)17(9-12)23(21,22)20(4)14-7-8-16-15(10-14)18-11-19(16)3/h5-11H,1-4H3. The van der Waals surface area contributed by atoms with Gasteiger partial charge in [-0.05, 0) is 49.2 Å². The first-order chi connectivity index (χ1) is 10.8. The molecule has 0 aliphatic rings. The van der Waals surface area contributed by atoms with Crippen LogP contribution in [0.3, 0.4) is 0 Å². The van der Waals surface area contributed by atoms with Crippen molar-refractivity contribution in [2.75, 3.05) is 11.4 Å². The van der Waals surface area contributed by atoms with Crippen molar-refractivity contribution in [2.24, 2.45) is 7.05 Å². The van der Waals surface area contributed by atoms with Gasteiger partial charge in [0.15, 0.2) is 0 Å². The molecule has 3 rings (SSSR count). The number of nitrogens with zero attached hydrogens (tertiary/aromatic N) is 3. The topological polar surface area (TPSA) is 55.2 Å². The van der Waals surface area contributed by atoms with Crippen LogP contribution in [0, 0.1) is 13.8 Å². The predicted octanol–water partition coefficient (Wildman–Crippen LogP) is 3.02. The molecule has 0 spiro atoms. The molecule has 0 saturated carbocycles. The van der Waals surface area contributed by atoms with Crippen molar-refractivity contribution in [1.29, 1.82) is 0 Å². The maximum atomic E-state index is 12.9. The molecule has 1 heterocycles. The van der Waals surface area contributed by atoms with Gasteiger partial charge in [0.25, 0.3) is 10.0 Å². The van der Waals surface area contributed by atoms with E-state index in [9.17, 15) is 8.42 Å². The molecule has 3 aromatic rings. The lowest BCUT2D eigenvalue weighted by Crippen LogP contribution is -2.27. The van der Waals surface area contributed by atoms with Gasteiger partial charge >= 0.3 is 0 Å². The van der Waals surface area contributed by atoms with Gasteiger partial charge in [-0.1, -0.05) is 12.1 Å². The van der Waals surface area contributed by atoms with E-state index in [1.54, 1.807) is 31.6 Å². The minimum atomic E-state index is -3.61. The highest BCUT2D eigenvalue weighted by Gasteiger charge is 2.23. The zero-order chi connectivity index (χ0) is 16.8. The van der Waals surface area contributed by atoms with Gasteiger partial charge in [-0.2, -0.15) is 0 Å². The summed E-state index contributed by atoms with van der Waals surface area (Å²) in [6.07, 6.45) is 1.72. The van der Waals surface area contributed by atoms with Crippen LogP contribution in [-0.2, 0) is 17.1 Å². The van der Waals surface area contributed by atoms with E-state index in [0.29, 0.717) is 10.6 Å². The smallest absolute Gasteiger partial charge is 0.264 e. The Morgan fingerprint density at radius 2 is 1.83 bits per heavy atom. The van der Waals surface area contributed by atoms with Crippen molar-refractivity contribution in [2.45, 2.75) is 18.7 Å². The summed E-state index contributed by atoms with van der Waals surface area (Å²) in [5.74, 6) is 0. The molecule has 0 aliphatic carbocycles. The normalized spacial score (nSPS) is 11.8. The van der Waals surface area contributed by atoms with Gasteiger partial charge in [-0.3, -0.25) is 4.31 Å². The summed E-state index contributed by atoms with van der Waals surface area (Å²) in [5, 5.41) is 0. The van der Waals surface area contributed by atoms with Crippen LogP contribution < -0.4 is 4.31 Å². The van der Waals surface area contributed by atoms with Gasteiger partial charge in [0, 0.05) is 14.1 Å². The third kappa shape index (κ3) is 2.59. The molecule has 0 amide bonds. The number of hydrogen-bond donors (Lipinski definition) is 0. The second-order valence-corrected chi connectivity index (χ2v) is 7.71. The van der Waals surface area contributed by atoms with E-state index in [2.05, 4.69) is 4.98 Å². The van der Waals surface area contributed by atoms with Gasteiger partial charge in [0.2, 0.25) is 0 Å². The maximum Gasteiger partial charge on any atom is 0.264 e. The summed E-state index contributed by atoms with van der Waals surface area (Å²) in [5.41, 5.74) is 3.99. The Labute approximate surface area is 136 Å². The average molecular weight is 329 g/mol. The summed E-state index contributed by atoms with van der Waals surface area (Å²) >= 11 is 0. The molecule has 6 heteroatoms. The minimum Gasteiger partial charge on any atom is -0.334 e. The zero-order valence-corrected chi connectivity index (χ0v) is 14.4. The number of aromatic nitrogens is 2. The van der Waals surface area contributed by atoms with E-state index in [4.69, 9.17) is 0 Å². The lowest BCUT2D eigenvalue weighted by atomic mass is 10.2. The quantitative estimate of drug-likeness (QED) is 0.742. The number of anilines is 1. The van der Waals surface area contributed by atoms with Crippen LogP contribution in [-0.4, -0.2) is 25.0 Å². The highest BCUT2D eigenvalue weighted by molar-refractivity contribution is 7.92. The molecule has 0 radical (unpaired) electrons. The largest absolute Gasteiger partial charge is 0.334 e. The molecule has 0 N–H and O–H groups in total. The molecule has 0 unspecified atom stereocenters. The summed E-state index contributed by atoms with van der Waals surface area (Å²) in [7, 11) is -0.129. The molecular formula is C17H19N3O2S. The van der Waals surface area contributed by atoms with Crippen molar-refractivity contribution < 1.29 is 8.42 Å². The van der Waals surface area contributed by atoms with Crippen LogP contribution in [0.2, 0.25) is 0 Å². The molecule has 0 fully saturated rings. The number of hydrogen-bond acceptors (Lipinski definition) is 3. The first kappa shape index (κ1) is 15.6. The highest BCUT2D eigenvalue weighted by Crippen LogP contribution is 2.27. The lowest BCUT2D eigenvalue weighted by Gasteiger charge is -2.21. The molecule has 0 atom stereocenters. The molecule has 0 saturated heterocycles. The summed E-state index contributed by atoms with van der Waals surface area (Å²) < 4.78 is 29.1. The fourth-order valence-corrected chi connectivity index (χ4v) is 4.09. The van der Waals surface area contributed by atoms with Gasteiger partial charge in [0.05, 0.1) is 27.9 Å². The van der Waals surface area contributed by atoms with Crippen molar-refractivity contribution >= 4 is 26.7 Å². The first-order valence-corrected chi connectivity index (χ1v) is 8.72. The molecule has 1 aromatic heterocycles. The fraction of sp³-hybridized carbons (Fsp3) is 0.235. The van der Waals surface area contributed by atoms with Crippen molar-refractivity contribution in [3.63, 3.8) is 0 Å². The van der Waals surface area contributed by atoms with E-state index in [0.717, 1.165) is 22.2 Å². The molecule has 23 heavy (non-hydrogen) atoms. The molecule has 120 valence electrons. The first-order valence-electron chi connectivity index (χ1n) is 7.28. The van der Waals surface area contributed by atoms with E-state index in [1.165, 1.54) is 4.31 Å². The number of sulfonamides is 1. The van der Waals surface area contributed by atoms with Crippen LogP contribution >= 0.6 is 0 Å². The SMILES string of the molecule is Cc1ccc(C)c(S(=O)(=O)N(C)c2ccc3c(c2)ncn3C)c1. The summed E-state index contributed by atoms with van der Waals surface area (Å²) in [6, 6.07) is 10.9. The Morgan fingerprint density at radius 3 is 2.57 bits per heavy atom. The minimum absolute atomic E-state index is 0.334. The Morgan fingerprint density at radius 1 is 1.09 bits per heavy atom. The van der Waals surface area contributed by atoms with Gasteiger partial charge in [0.1, 0.15) is 0 Å². The molecule has 0 bridgehead atoms. The number of aryl methyl sites for hydroxylation is 3. The Kier molecular flexibility index (Phi) is 3.64. The predicted molar refractivity (Wildman–Crippen MR) is 92.2 cm³/mol. The Balaban J connectivity index is 2.09. The third-order valence-corrected chi connectivity index (χ3v) is 5.98. The van der Waals surface area contributed by atoms with Crippen LogP contribution in [0.15, 0.2) is 47.6 Å². The number of fused-ring (bicyclic) bond motifs is 1. The second-order valence-electron chi connectivity index (χ2n) is 5.77. The highest BCUT2D eigenvalue weighted by atomic mass is 32.2. The molecular weight excluding hydrogens is 310 g/mol. The maximum absolute atomic E-state index is 12.9. The number of benzene rings is 2. The monoisotopic (exact) mass is 329 g/mol. The van der Waals surface area contributed by atoms with Crippen LogP contribution in [0.5, 0.6) is 0 Å². The second kappa shape index (κ2) is 5.38. The summed E-state index contributed by atoms with van der Waals surface area (Å²) in [6.45, 7) is 3.69. The Hall–Kier alpha value is -2.34. The van der Waals surface area contributed by atoms with Crippen LogP contribution in [0.4, 0.5) is 5.69 Å². The number of imidazole rings is 1. The Bertz CT molecular complexity index is 990. The molecule has 5 nitrogen and oxygen atoms in total. The van der Waals surface area contributed by atoms with Crippen LogP contribution in [0.25, 0.3) is 11.0 Å². The van der Waals surface area contributed by atoms with Crippen molar-refractivity contribution in [3.8, 4) is 0 Å². The molecule has 0 aliphatic heterocycles. The zero-order valence-electron chi connectivity index (χ0n) is 13.6. The van der Waals surface area contributed by atoms with E-state index < -0.39 is 10.0 Å². The third-order valence-electron chi connectivity index (χ3n) is 4.05. The van der Waals surface area contributed by atoms with Crippen molar-refractivity contribution in [1.82, 2.24) is 9.55 Å².